The lowest BCUT2D eigenvalue weighted by molar-refractivity contribution is -0.128. The maximum atomic E-state index is 13.1. The lowest BCUT2D eigenvalue weighted by Crippen LogP contribution is -2.41. The summed E-state index contributed by atoms with van der Waals surface area (Å²) in [5.41, 5.74) is 3.72. The first kappa shape index (κ1) is 22.7. The molecule has 2 heterocycles. The Balaban J connectivity index is 1.24. The van der Waals surface area contributed by atoms with E-state index in [1.54, 1.807) is 11.0 Å². The largest absolute Gasteiger partial charge is 0.489 e. The number of rotatable bonds is 6. The number of fused-ring (bicyclic) bond motifs is 1. The molecule has 7 heteroatoms. The standard InChI is InChI=1S/C27H30N2O5/c30-21-3-1-5-24(25(31)15-21)29-17-23-22(27(29)32)4-2-6-26(23)34-18-20-9-7-19(8-10-20)16-28-11-13-33-14-12-28/h2,4,6-10,24H,1,3,5,11-18H2/t24-/m0/s1. The molecule has 2 aromatic rings. The molecule has 0 spiro atoms. The van der Waals surface area contributed by atoms with Gasteiger partial charge in [0.05, 0.1) is 32.2 Å². The van der Waals surface area contributed by atoms with Gasteiger partial charge in [-0.15, -0.1) is 0 Å². The Kier molecular flexibility index (Phi) is 6.74. The quantitative estimate of drug-likeness (QED) is 0.485. The summed E-state index contributed by atoms with van der Waals surface area (Å²) >= 11 is 0. The van der Waals surface area contributed by atoms with Gasteiger partial charge in [0.1, 0.15) is 18.1 Å². The number of ketones is 2. The lowest BCUT2D eigenvalue weighted by Gasteiger charge is -2.26. The highest BCUT2D eigenvalue weighted by Crippen LogP contribution is 2.34. The predicted molar refractivity (Wildman–Crippen MR) is 125 cm³/mol. The van der Waals surface area contributed by atoms with E-state index in [-0.39, 0.29) is 23.9 Å². The van der Waals surface area contributed by atoms with E-state index in [0.717, 1.165) is 44.0 Å². The molecule has 5 rings (SSSR count). The van der Waals surface area contributed by atoms with Crippen LogP contribution in [0.15, 0.2) is 42.5 Å². The second-order valence-electron chi connectivity index (χ2n) is 9.30. The maximum absolute atomic E-state index is 13.1. The molecule has 178 valence electrons. The normalized spacial score (nSPS) is 21.5. The van der Waals surface area contributed by atoms with E-state index in [4.69, 9.17) is 9.47 Å². The Bertz CT molecular complexity index is 1070. The van der Waals surface area contributed by atoms with Gasteiger partial charge < -0.3 is 14.4 Å². The van der Waals surface area contributed by atoms with Crippen LogP contribution < -0.4 is 4.74 Å². The minimum absolute atomic E-state index is 0.0309. The fourth-order valence-electron chi connectivity index (χ4n) is 5.02. The number of nitrogens with zero attached hydrogens (tertiary/aromatic N) is 2. The van der Waals surface area contributed by atoms with Crippen LogP contribution in [0.2, 0.25) is 0 Å². The number of amides is 1. The van der Waals surface area contributed by atoms with E-state index in [1.165, 1.54) is 5.56 Å². The zero-order chi connectivity index (χ0) is 23.5. The first-order valence-electron chi connectivity index (χ1n) is 12.1. The first-order chi connectivity index (χ1) is 16.6. The van der Waals surface area contributed by atoms with Crippen LogP contribution in [0.25, 0.3) is 0 Å². The van der Waals surface area contributed by atoms with E-state index >= 15 is 0 Å². The average molecular weight is 463 g/mol. The number of morpholine rings is 1. The van der Waals surface area contributed by atoms with Gasteiger partial charge in [-0.1, -0.05) is 30.3 Å². The zero-order valence-corrected chi connectivity index (χ0v) is 19.3. The number of Topliss-reactive ketones (excluding diaryl/α,β-unsaturated/α-hetero) is 2. The van der Waals surface area contributed by atoms with Gasteiger partial charge in [-0.3, -0.25) is 19.3 Å². The number of ether oxygens (including phenoxy) is 2. The molecule has 0 radical (unpaired) electrons. The summed E-state index contributed by atoms with van der Waals surface area (Å²) < 4.78 is 11.5. The number of benzene rings is 2. The highest BCUT2D eigenvalue weighted by Gasteiger charge is 2.38. The van der Waals surface area contributed by atoms with Crippen LogP contribution in [0.1, 0.15) is 52.7 Å². The summed E-state index contributed by atoms with van der Waals surface area (Å²) in [4.78, 5) is 41.5. The van der Waals surface area contributed by atoms with Crippen LogP contribution in [-0.2, 0) is 34.0 Å². The van der Waals surface area contributed by atoms with Crippen molar-refractivity contribution in [1.29, 1.82) is 0 Å². The molecule has 2 fully saturated rings. The second-order valence-corrected chi connectivity index (χ2v) is 9.30. The van der Waals surface area contributed by atoms with E-state index < -0.39 is 6.04 Å². The topological polar surface area (TPSA) is 76.2 Å². The summed E-state index contributed by atoms with van der Waals surface area (Å²) in [6.07, 6.45) is 1.52. The van der Waals surface area contributed by atoms with Crippen molar-refractivity contribution < 1.29 is 23.9 Å². The third kappa shape index (κ3) is 4.91. The highest BCUT2D eigenvalue weighted by atomic mass is 16.5. The van der Waals surface area contributed by atoms with Crippen LogP contribution in [0.5, 0.6) is 5.75 Å². The molecule has 7 nitrogen and oxygen atoms in total. The fourth-order valence-corrected chi connectivity index (χ4v) is 5.02. The average Bonchev–Trinajstić information content (AvgIpc) is 3.08. The fraction of sp³-hybridized carbons (Fsp3) is 0.444. The predicted octanol–water partition coefficient (Wildman–Crippen LogP) is 3.13. The van der Waals surface area contributed by atoms with E-state index in [0.29, 0.717) is 43.7 Å². The van der Waals surface area contributed by atoms with Crippen molar-refractivity contribution in [3.63, 3.8) is 0 Å². The number of carbonyl (C=O) groups is 3. The molecule has 1 atom stereocenters. The van der Waals surface area contributed by atoms with E-state index in [1.807, 2.05) is 12.1 Å². The van der Waals surface area contributed by atoms with Crippen molar-refractivity contribution in [3.05, 3.63) is 64.7 Å². The van der Waals surface area contributed by atoms with Gasteiger partial charge in [0.25, 0.3) is 5.91 Å². The van der Waals surface area contributed by atoms with Crippen LogP contribution in [0, 0.1) is 0 Å². The Morgan fingerprint density at radius 1 is 0.971 bits per heavy atom. The Morgan fingerprint density at radius 2 is 1.74 bits per heavy atom. The van der Waals surface area contributed by atoms with Crippen molar-refractivity contribution in [2.24, 2.45) is 0 Å². The number of hydrogen-bond acceptors (Lipinski definition) is 6. The van der Waals surface area contributed by atoms with E-state index in [9.17, 15) is 14.4 Å². The molecule has 1 amide bonds. The van der Waals surface area contributed by atoms with Crippen LogP contribution in [0.3, 0.4) is 0 Å². The Morgan fingerprint density at radius 3 is 2.53 bits per heavy atom. The van der Waals surface area contributed by atoms with Crippen molar-refractivity contribution in [2.75, 3.05) is 26.3 Å². The molecule has 3 aliphatic rings. The minimum Gasteiger partial charge on any atom is -0.489 e. The lowest BCUT2D eigenvalue weighted by atomic mass is 10.1. The smallest absolute Gasteiger partial charge is 0.255 e. The van der Waals surface area contributed by atoms with Crippen molar-refractivity contribution in [2.45, 2.75) is 51.4 Å². The van der Waals surface area contributed by atoms with Gasteiger partial charge in [0.2, 0.25) is 0 Å². The SMILES string of the molecule is O=C1CCC[C@H](N2Cc3c(OCc4ccc(CN5CCOCC5)cc4)cccc3C2=O)C(=O)C1. The van der Waals surface area contributed by atoms with Crippen molar-refractivity contribution >= 4 is 17.5 Å². The first-order valence-corrected chi connectivity index (χ1v) is 12.1. The Labute approximate surface area is 199 Å². The van der Waals surface area contributed by atoms with Crippen LogP contribution >= 0.6 is 0 Å². The summed E-state index contributed by atoms with van der Waals surface area (Å²) in [7, 11) is 0. The van der Waals surface area contributed by atoms with Crippen molar-refractivity contribution in [1.82, 2.24) is 9.80 Å². The molecule has 34 heavy (non-hydrogen) atoms. The van der Waals surface area contributed by atoms with Gasteiger partial charge in [-0.05, 0) is 36.1 Å². The third-order valence-corrected chi connectivity index (χ3v) is 6.93. The maximum Gasteiger partial charge on any atom is 0.255 e. The number of hydrogen-bond donors (Lipinski definition) is 0. The van der Waals surface area contributed by atoms with Gasteiger partial charge in [-0.25, -0.2) is 0 Å². The second kappa shape index (κ2) is 10.1. The molecule has 0 bridgehead atoms. The Hall–Kier alpha value is -3.03. The highest BCUT2D eigenvalue weighted by molar-refractivity contribution is 6.06. The summed E-state index contributed by atoms with van der Waals surface area (Å²) in [6.45, 7) is 5.17. The van der Waals surface area contributed by atoms with Gasteiger partial charge in [0.15, 0.2) is 5.78 Å². The molecule has 0 N–H and O–H groups in total. The van der Waals surface area contributed by atoms with Crippen LogP contribution in [0.4, 0.5) is 0 Å². The summed E-state index contributed by atoms with van der Waals surface area (Å²) in [5, 5.41) is 0. The molecule has 1 saturated carbocycles. The third-order valence-electron chi connectivity index (χ3n) is 6.93. The van der Waals surface area contributed by atoms with Crippen molar-refractivity contribution in [3.8, 4) is 5.75 Å². The molecule has 0 unspecified atom stereocenters. The molecule has 2 aromatic carbocycles. The molecular formula is C27H30N2O5. The molecule has 1 saturated heterocycles. The summed E-state index contributed by atoms with van der Waals surface area (Å²) in [6, 6.07) is 13.4. The minimum atomic E-state index is -0.529. The van der Waals surface area contributed by atoms with Gasteiger partial charge >= 0.3 is 0 Å². The van der Waals surface area contributed by atoms with E-state index in [2.05, 4.69) is 29.2 Å². The zero-order valence-electron chi connectivity index (χ0n) is 19.3. The molecular weight excluding hydrogens is 432 g/mol. The monoisotopic (exact) mass is 462 g/mol. The summed E-state index contributed by atoms with van der Waals surface area (Å²) in [5.74, 6) is 0.337. The van der Waals surface area contributed by atoms with Gasteiger partial charge in [0, 0.05) is 37.2 Å². The molecule has 2 aliphatic heterocycles. The van der Waals surface area contributed by atoms with Gasteiger partial charge in [-0.2, -0.15) is 0 Å². The molecule has 0 aromatic heterocycles. The number of carbonyl (C=O) groups excluding carboxylic acids is 3. The van der Waals surface area contributed by atoms with Crippen LogP contribution in [-0.4, -0.2) is 59.6 Å². The molecule has 1 aliphatic carbocycles.